The molecule has 0 aliphatic heterocycles. The van der Waals surface area contributed by atoms with Gasteiger partial charge in [0, 0.05) is 0 Å². The zero-order valence-electron chi connectivity index (χ0n) is 18.7. The zero-order valence-corrected chi connectivity index (χ0v) is 20.7. The normalized spacial score (nSPS) is 48.7. The lowest BCUT2D eigenvalue weighted by atomic mass is 9.56. The van der Waals surface area contributed by atoms with Crippen molar-refractivity contribution in [1.82, 2.24) is 0 Å². The van der Waals surface area contributed by atoms with Crippen LogP contribution in [0, 0.1) is 35.5 Å². The van der Waals surface area contributed by atoms with Gasteiger partial charge in [-0.3, -0.25) is 0 Å². The van der Waals surface area contributed by atoms with Gasteiger partial charge in [0.05, 0.1) is 0 Å². The largest absolute Gasteiger partial charge is 0.111 e. The highest BCUT2D eigenvalue weighted by Gasteiger charge is 2.51. The quantitative estimate of drug-likeness (QED) is 0.395. The third-order valence-corrected chi connectivity index (χ3v) is 14.3. The molecule has 0 saturated heterocycles. The first kappa shape index (κ1) is 19.5. The smallest absolute Gasteiger partial charge is 0.00927 e. The van der Waals surface area contributed by atoms with Crippen LogP contribution in [-0.4, -0.2) is 10.3 Å². The van der Waals surface area contributed by atoms with E-state index in [1.165, 1.54) is 29.5 Å². The maximum atomic E-state index is 2.51. The molecule has 30 heavy (non-hydrogen) atoms. The fraction of sp³-hybridized carbons (Fsp3) is 0.786. The molecule has 0 heterocycles. The van der Waals surface area contributed by atoms with Gasteiger partial charge in [0.15, 0.2) is 0 Å². The minimum absolute atomic E-state index is 0.768. The van der Waals surface area contributed by atoms with Crippen LogP contribution in [0.3, 0.4) is 0 Å². The SMILES string of the molecule is c1ccc(CPC23CC4CC(CC(C4)C2)C3)c(CPC23CC4CC(CC(C4)C2)C3)c1. The van der Waals surface area contributed by atoms with Crippen molar-refractivity contribution in [3.63, 3.8) is 0 Å². The number of hydrogen-bond acceptors (Lipinski definition) is 0. The molecule has 8 aliphatic rings. The van der Waals surface area contributed by atoms with Gasteiger partial charge < -0.3 is 0 Å². The van der Waals surface area contributed by atoms with Gasteiger partial charge in [-0.15, -0.1) is 17.2 Å². The Balaban J connectivity index is 1.04. The lowest BCUT2D eigenvalue weighted by Crippen LogP contribution is -2.48. The van der Waals surface area contributed by atoms with Crippen LogP contribution in [0.1, 0.15) is 88.2 Å². The number of rotatable bonds is 6. The van der Waals surface area contributed by atoms with E-state index in [0.717, 1.165) is 45.8 Å². The van der Waals surface area contributed by atoms with Crippen molar-refractivity contribution in [2.75, 3.05) is 0 Å². The minimum Gasteiger partial charge on any atom is -0.111 e. The monoisotopic (exact) mass is 438 g/mol. The summed E-state index contributed by atoms with van der Waals surface area (Å²) in [7, 11) is 2.39. The Kier molecular flexibility index (Phi) is 4.75. The van der Waals surface area contributed by atoms with Crippen molar-refractivity contribution < 1.29 is 0 Å². The van der Waals surface area contributed by atoms with Crippen molar-refractivity contribution in [3.05, 3.63) is 35.4 Å². The molecule has 1 aromatic rings. The average Bonchev–Trinajstić information content (AvgIpc) is 2.69. The average molecular weight is 439 g/mol. The Labute approximate surface area is 187 Å². The lowest BCUT2D eigenvalue weighted by Gasteiger charge is -2.57. The molecule has 2 heteroatoms. The van der Waals surface area contributed by atoms with E-state index in [1.807, 2.05) is 0 Å². The van der Waals surface area contributed by atoms with Gasteiger partial charge >= 0.3 is 0 Å². The highest BCUT2D eigenvalue weighted by atomic mass is 31.1. The van der Waals surface area contributed by atoms with E-state index in [-0.39, 0.29) is 0 Å². The molecule has 8 aliphatic carbocycles. The van der Waals surface area contributed by atoms with E-state index in [1.54, 1.807) is 88.2 Å². The Hall–Kier alpha value is 0.0800. The van der Waals surface area contributed by atoms with Gasteiger partial charge in [0.2, 0.25) is 0 Å². The van der Waals surface area contributed by atoms with Crippen LogP contribution in [0.25, 0.3) is 0 Å². The fourth-order valence-corrected chi connectivity index (χ4v) is 14.5. The molecule has 1 aromatic carbocycles. The summed E-state index contributed by atoms with van der Waals surface area (Å²) in [6, 6.07) is 9.67. The van der Waals surface area contributed by atoms with Gasteiger partial charge in [-0.25, -0.2) is 0 Å². The Morgan fingerprint density at radius 1 is 0.533 bits per heavy atom. The molecule has 9 rings (SSSR count). The van der Waals surface area contributed by atoms with Crippen LogP contribution in [0.5, 0.6) is 0 Å². The number of hydrogen-bond donors (Lipinski definition) is 0. The third kappa shape index (κ3) is 3.47. The van der Waals surface area contributed by atoms with Gasteiger partial charge in [0.1, 0.15) is 0 Å². The lowest BCUT2D eigenvalue weighted by molar-refractivity contribution is 0.0365. The van der Waals surface area contributed by atoms with Gasteiger partial charge in [-0.2, -0.15) is 0 Å². The molecule has 2 atom stereocenters. The zero-order chi connectivity index (χ0) is 19.8. The van der Waals surface area contributed by atoms with Crippen LogP contribution < -0.4 is 0 Å². The topological polar surface area (TPSA) is 0 Å². The van der Waals surface area contributed by atoms with Crippen molar-refractivity contribution in [2.24, 2.45) is 35.5 Å². The van der Waals surface area contributed by atoms with Gasteiger partial charge in [0.25, 0.3) is 0 Å². The second-order valence-electron chi connectivity index (χ2n) is 12.9. The molecule has 8 bridgehead atoms. The molecule has 0 radical (unpaired) electrons. The van der Waals surface area contributed by atoms with Crippen LogP contribution in [0.2, 0.25) is 0 Å². The van der Waals surface area contributed by atoms with Gasteiger partial charge in [-0.05, 0) is 146 Å². The van der Waals surface area contributed by atoms with Crippen molar-refractivity contribution in [1.29, 1.82) is 0 Å². The van der Waals surface area contributed by atoms with Crippen LogP contribution in [0.4, 0.5) is 0 Å². The summed E-state index contributed by atoms with van der Waals surface area (Å²) in [5.41, 5.74) is 3.48. The Morgan fingerprint density at radius 3 is 1.13 bits per heavy atom. The second kappa shape index (κ2) is 7.29. The molecule has 2 unspecified atom stereocenters. The summed E-state index contributed by atoms with van der Waals surface area (Å²) in [5.74, 6) is 6.65. The molecule has 0 amide bonds. The van der Waals surface area contributed by atoms with E-state index in [9.17, 15) is 0 Å². The molecular weight excluding hydrogens is 398 g/mol. The van der Waals surface area contributed by atoms with Crippen LogP contribution in [-0.2, 0) is 12.3 Å². The molecule has 0 aromatic heterocycles. The number of benzene rings is 1. The van der Waals surface area contributed by atoms with Gasteiger partial charge in [-0.1, -0.05) is 24.3 Å². The highest BCUT2D eigenvalue weighted by Crippen LogP contribution is 2.64. The summed E-state index contributed by atoms with van der Waals surface area (Å²) < 4.78 is 0. The predicted molar refractivity (Wildman–Crippen MR) is 132 cm³/mol. The summed E-state index contributed by atoms with van der Waals surface area (Å²) in [6.07, 6.45) is 21.9. The van der Waals surface area contributed by atoms with E-state index < -0.39 is 0 Å². The van der Waals surface area contributed by atoms with Crippen molar-refractivity contribution in [3.8, 4) is 0 Å². The molecule has 8 saturated carbocycles. The maximum absolute atomic E-state index is 2.51. The molecule has 0 N–H and O–H groups in total. The van der Waals surface area contributed by atoms with Crippen molar-refractivity contribution >= 4 is 17.2 Å². The molecular formula is C28H40P2. The first-order chi connectivity index (χ1) is 14.6. The highest BCUT2D eigenvalue weighted by molar-refractivity contribution is 7.39. The Morgan fingerprint density at radius 2 is 0.833 bits per heavy atom. The summed E-state index contributed by atoms with van der Waals surface area (Å²) in [6.45, 7) is 0. The standard InChI is InChI=1S/C28H40P2/c1-2-4-26(18-30-28-14-22-8-23(15-28)10-24(9-22)16-28)25(3-1)17-29-27-11-19-5-20(12-27)7-21(6-19)13-27/h1-4,19-24,29-30H,5-18H2. The summed E-state index contributed by atoms with van der Waals surface area (Å²) in [4.78, 5) is 0. The molecule has 8 fully saturated rings. The molecule has 0 nitrogen and oxygen atoms in total. The summed E-state index contributed by atoms with van der Waals surface area (Å²) in [5, 5.41) is 1.54. The molecule has 162 valence electrons. The first-order valence-corrected chi connectivity index (χ1v) is 15.6. The van der Waals surface area contributed by atoms with E-state index in [2.05, 4.69) is 24.3 Å². The maximum Gasteiger partial charge on any atom is -0.00927 e. The third-order valence-electron chi connectivity index (χ3n) is 10.5. The van der Waals surface area contributed by atoms with Crippen LogP contribution >= 0.6 is 17.2 Å². The first-order valence-electron chi connectivity index (χ1n) is 13.2. The van der Waals surface area contributed by atoms with Crippen molar-refractivity contribution in [2.45, 2.75) is 99.7 Å². The molecule has 0 spiro atoms. The van der Waals surface area contributed by atoms with Crippen LogP contribution in [0.15, 0.2) is 24.3 Å². The predicted octanol–water partition coefficient (Wildman–Crippen LogP) is 7.98. The van der Waals surface area contributed by atoms with E-state index in [4.69, 9.17) is 0 Å². The Bertz CT molecular complexity index is 673. The van der Waals surface area contributed by atoms with E-state index >= 15 is 0 Å². The summed E-state index contributed by atoms with van der Waals surface area (Å²) >= 11 is 0. The van der Waals surface area contributed by atoms with E-state index in [0.29, 0.717) is 0 Å². The minimum atomic E-state index is 0.768. The fourth-order valence-electron chi connectivity index (χ4n) is 10.1. The second-order valence-corrected chi connectivity index (χ2v) is 16.4.